The molecule has 0 bridgehead atoms. The van der Waals surface area contributed by atoms with Crippen LogP contribution >= 0.6 is 0 Å². The predicted octanol–water partition coefficient (Wildman–Crippen LogP) is 3.13. The van der Waals surface area contributed by atoms with Gasteiger partial charge in [-0.25, -0.2) is 0 Å². The fourth-order valence-corrected chi connectivity index (χ4v) is 3.91. The summed E-state index contributed by atoms with van der Waals surface area (Å²) in [5.74, 6) is 0. The van der Waals surface area contributed by atoms with E-state index in [1.807, 2.05) is 0 Å². The third-order valence-corrected chi connectivity index (χ3v) is 4.92. The molecule has 77 valence electrons. The first-order valence-corrected chi connectivity index (χ1v) is 6.23. The minimum absolute atomic E-state index is 0.301. The lowest BCUT2D eigenvalue weighted by Gasteiger charge is -2.26. The van der Waals surface area contributed by atoms with Crippen molar-refractivity contribution in [1.29, 1.82) is 0 Å². The Morgan fingerprint density at radius 2 is 2.08 bits per heavy atom. The molecule has 0 aromatic carbocycles. The fraction of sp³-hybridized carbons (Fsp3) is 1.00. The zero-order valence-electron chi connectivity index (χ0n) is 7.66. The molecule has 0 aromatic heterocycles. The second-order valence-corrected chi connectivity index (χ2v) is 6.20. The summed E-state index contributed by atoms with van der Waals surface area (Å²) < 4.78 is 41.5. The highest BCUT2D eigenvalue weighted by Crippen LogP contribution is 2.32. The van der Waals surface area contributed by atoms with E-state index in [0.717, 1.165) is 18.9 Å². The molecule has 1 heterocycles. The Bertz CT molecular complexity index is 154. The largest absolute Gasteiger partial charge is 0.416 e. The van der Waals surface area contributed by atoms with E-state index in [0.29, 0.717) is 6.61 Å². The van der Waals surface area contributed by atoms with E-state index in [4.69, 9.17) is 4.43 Å². The van der Waals surface area contributed by atoms with Crippen LogP contribution in [0.15, 0.2) is 0 Å². The molecule has 0 aromatic rings. The van der Waals surface area contributed by atoms with E-state index in [9.17, 15) is 13.2 Å². The molecule has 1 unspecified atom stereocenters. The molecule has 1 atom stereocenters. The van der Waals surface area contributed by atoms with Gasteiger partial charge in [0.15, 0.2) is 0 Å². The highest BCUT2D eigenvalue weighted by atomic mass is 28.3. The van der Waals surface area contributed by atoms with Gasteiger partial charge in [-0.1, -0.05) is 13.3 Å². The van der Waals surface area contributed by atoms with Crippen LogP contribution < -0.4 is 0 Å². The molecule has 1 radical (unpaired) electrons. The summed E-state index contributed by atoms with van der Waals surface area (Å²) >= 11 is 0. The van der Waals surface area contributed by atoms with Crippen molar-refractivity contribution in [2.45, 2.75) is 43.9 Å². The lowest BCUT2D eigenvalue weighted by atomic mass is 10.3. The summed E-state index contributed by atoms with van der Waals surface area (Å²) in [6.45, 7) is 2.32. The van der Waals surface area contributed by atoms with Gasteiger partial charge in [-0.15, -0.1) is 0 Å². The van der Waals surface area contributed by atoms with Crippen molar-refractivity contribution in [2.24, 2.45) is 0 Å². The van der Waals surface area contributed by atoms with E-state index in [1.165, 1.54) is 0 Å². The van der Waals surface area contributed by atoms with Gasteiger partial charge >= 0.3 is 6.18 Å². The summed E-state index contributed by atoms with van der Waals surface area (Å²) in [6.07, 6.45) is -2.66. The standard InChI is InChI=1S/C8H14F3OSi/c1-7(6-8(9,10)11)13-5-3-2-4-12-13/h7H,2-6H2,1H3. The highest BCUT2D eigenvalue weighted by molar-refractivity contribution is 6.53. The molecule has 1 rings (SSSR count). The van der Waals surface area contributed by atoms with Gasteiger partial charge in [-0.2, -0.15) is 13.2 Å². The first-order valence-electron chi connectivity index (χ1n) is 4.54. The maximum Gasteiger partial charge on any atom is 0.389 e. The zero-order chi connectivity index (χ0) is 9.90. The summed E-state index contributed by atoms with van der Waals surface area (Å²) in [6, 6.07) is 0.877. The third kappa shape index (κ3) is 4.13. The van der Waals surface area contributed by atoms with Crippen LogP contribution in [-0.2, 0) is 4.43 Å². The SMILES string of the molecule is CC(CC(F)(F)F)[Si]1CCCCO1. The Balaban J connectivity index is 2.33. The minimum Gasteiger partial charge on any atom is -0.416 e. The lowest BCUT2D eigenvalue weighted by Crippen LogP contribution is -2.30. The second-order valence-electron chi connectivity index (χ2n) is 3.49. The lowest BCUT2D eigenvalue weighted by molar-refractivity contribution is -0.135. The monoisotopic (exact) mass is 211 g/mol. The van der Waals surface area contributed by atoms with Crippen LogP contribution in [0.5, 0.6) is 0 Å². The Hall–Kier alpha value is -0.0331. The molecular weight excluding hydrogens is 197 g/mol. The molecule has 5 heteroatoms. The van der Waals surface area contributed by atoms with E-state index in [1.54, 1.807) is 6.92 Å². The first-order chi connectivity index (χ1) is 5.99. The summed E-state index contributed by atoms with van der Waals surface area (Å²) in [7, 11) is -1.18. The quantitative estimate of drug-likeness (QED) is 0.638. The van der Waals surface area contributed by atoms with Crippen molar-refractivity contribution in [3.63, 3.8) is 0 Å². The third-order valence-electron chi connectivity index (χ3n) is 2.19. The van der Waals surface area contributed by atoms with E-state index in [-0.39, 0.29) is 5.54 Å². The smallest absolute Gasteiger partial charge is 0.389 e. The van der Waals surface area contributed by atoms with Gasteiger partial charge in [0.2, 0.25) is 9.04 Å². The molecule has 0 saturated carbocycles. The number of alkyl halides is 3. The average molecular weight is 211 g/mol. The van der Waals surface area contributed by atoms with Crippen LogP contribution in [0.3, 0.4) is 0 Å². The Kier molecular flexibility index (Phi) is 3.79. The van der Waals surface area contributed by atoms with Crippen molar-refractivity contribution in [1.82, 2.24) is 0 Å². The predicted molar refractivity (Wildman–Crippen MR) is 45.8 cm³/mol. The van der Waals surface area contributed by atoms with Gasteiger partial charge in [-0.3, -0.25) is 0 Å². The Morgan fingerprint density at radius 1 is 1.38 bits per heavy atom. The average Bonchev–Trinajstić information content (AvgIpc) is 2.03. The summed E-state index contributed by atoms with van der Waals surface area (Å²) in [5, 5.41) is 0. The zero-order valence-corrected chi connectivity index (χ0v) is 8.66. The normalized spacial score (nSPS) is 23.1. The highest BCUT2D eigenvalue weighted by Gasteiger charge is 2.35. The molecule has 0 spiro atoms. The Labute approximate surface area is 78.0 Å². The molecule has 13 heavy (non-hydrogen) atoms. The first kappa shape index (κ1) is 11.0. The summed E-state index contributed by atoms with van der Waals surface area (Å²) in [5.41, 5.74) is -0.301. The maximum atomic E-state index is 12.0. The number of halogens is 3. The molecular formula is C8H14F3OSi. The summed E-state index contributed by atoms with van der Waals surface area (Å²) in [4.78, 5) is 0. The molecule has 1 aliphatic heterocycles. The van der Waals surface area contributed by atoms with Gasteiger partial charge < -0.3 is 4.43 Å². The van der Waals surface area contributed by atoms with E-state index >= 15 is 0 Å². The molecule has 0 aliphatic carbocycles. The van der Waals surface area contributed by atoms with E-state index < -0.39 is 21.6 Å². The Morgan fingerprint density at radius 3 is 2.54 bits per heavy atom. The van der Waals surface area contributed by atoms with Crippen LogP contribution in [0.4, 0.5) is 13.2 Å². The van der Waals surface area contributed by atoms with Crippen molar-refractivity contribution >= 4 is 9.04 Å². The van der Waals surface area contributed by atoms with Crippen LogP contribution in [0.2, 0.25) is 11.6 Å². The van der Waals surface area contributed by atoms with Crippen LogP contribution in [-0.4, -0.2) is 21.8 Å². The van der Waals surface area contributed by atoms with Gasteiger partial charge in [0.1, 0.15) is 0 Å². The number of hydrogen-bond acceptors (Lipinski definition) is 1. The molecule has 1 saturated heterocycles. The van der Waals surface area contributed by atoms with Crippen molar-refractivity contribution in [3.8, 4) is 0 Å². The fourth-order valence-electron chi connectivity index (χ4n) is 1.53. The van der Waals surface area contributed by atoms with Crippen molar-refractivity contribution in [3.05, 3.63) is 0 Å². The van der Waals surface area contributed by atoms with Crippen LogP contribution in [0.25, 0.3) is 0 Å². The second kappa shape index (κ2) is 4.46. The van der Waals surface area contributed by atoms with Crippen LogP contribution in [0.1, 0.15) is 26.2 Å². The topological polar surface area (TPSA) is 9.23 Å². The van der Waals surface area contributed by atoms with Crippen molar-refractivity contribution < 1.29 is 17.6 Å². The van der Waals surface area contributed by atoms with Crippen LogP contribution in [0, 0.1) is 0 Å². The molecule has 1 fully saturated rings. The van der Waals surface area contributed by atoms with Gasteiger partial charge in [0.05, 0.1) is 0 Å². The number of rotatable bonds is 2. The maximum absolute atomic E-state index is 12.0. The molecule has 0 amide bonds. The van der Waals surface area contributed by atoms with Gasteiger partial charge in [0, 0.05) is 13.0 Å². The molecule has 0 N–H and O–H groups in total. The minimum atomic E-state index is -4.03. The molecule has 1 nitrogen and oxygen atoms in total. The molecule has 1 aliphatic rings. The number of hydrogen-bond donors (Lipinski definition) is 0. The van der Waals surface area contributed by atoms with E-state index in [2.05, 4.69) is 0 Å². The van der Waals surface area contributed by atoms with Gasteiger partial charge in [-0.05, 0) is 18.0 Å². The van der Waals surface area contributed by atoms with Gasteiger partial charge in [0.25, 0.3) is 0 Å². The van der Waals surface area contributed by atoms with Crippen molar-refractivity contribution in [2.75, 3.05) is 6.61 Å².